The van der Waals surface area contributed by atoms with Gasteiger partial charge in [0, 0.05) is 17.8 Å². The van der Waals surface area contributed by atoms with Crippen LogP contribution in [0.1, 0.15) is 11.7 Å². The maximum absolute atomic E-state index is 12.1. The number of para-hydroxylation sites is 1. The molecule has 3 N–H and O–H groups in total. The molecule has 0 aliphatic heterocycles. The van der Waals surface area contributed by atoms with Gasteiger partial charge in [0.25, 0.3) is 0 Å². The number of hydrogen-bond acceptors (Lipinski definition) is 4. The van der Waals surface area contributed by atoms with Crippen molar-refractivity contribution in [3.05, 3.63) is 54.1 Å². The fourth-order valence-electron chi connectivity index (χ4n) is 2.14. The summed E-state index contributed by atoms with van der Waals surface area (Å²) in [4.78, 5) is 11.8. The molecule has 0 saturated heterocycles. The van der Waals surface area contributed by atoms with E-state index < -0.39 is 18.7 Å². The van der Waals surface area contributed by atoms with Gasteiger partial charge in [0.05, 0.1) is 13.2 Å². The van der Waals surface area contributed by atoms with E-state index >= 15 is 0 Å². The Bertz CT molecular complexity index is 695. The van der Waals surface area contributed by atoms with Crippen LogP contribution in [0, 0.1) is 0 Å². The molecule has 0 saturated carbocycles. The van der Waals surface area contributed by atoms with Crippen LogP contribution in [-0.2, 0) is 0 Å². The van der Waals surface area contributed by atoms with E-state index in [0.29, 0.717) is 17.0 Å². The Balaban J connectivity index is 1.86. The molecule has 25 heavy (non-hydrogen) atoms. The molecule has 0 radical (unpaired) electrons. The van der Waals surface area contributed by atoms with Crippen LogP contribution in [0.4, 0.5) is 19.3 Å². The quantitative estimate of drug-likeness (QED) is 0.715. The molecule has 0 aromatic heterocycles. The summed E-state index contributed by atoms with van der Waals surface area (Å²) >= 11 is 0. The van der Waals surface area contributed by atoms with E-state index in [1.165, 1.54) is 31.4 Å². The number of aliphatic hydroxyl groups is 1. The Morgan fingerprint density at radius 2 is 1.84 bits per heavy atom. The molecule has 0 unspecified atom stereocenters. The molecule has 134 valence electrons. The van der Waals surface area contributed by atoms with E-state index in [-0.39, 0.29) is 12.3 Å². The number of halogens is 2. The van der Waals surface area contributed by atoms with Crippen LogP contribution in [0.15, 0.2) is 48.5 Å². The van der Waals surface area contributed by atoms with Crippen molar-refractivity contribution in [1.82, 2.24) is 5.32 Å². The van der Waals surface area contributed by atoms with Gasteiger partial charge >= 0.3 is 12.6 Å². The molecule has 0 spiro atoms. The normalized spacial score (nSPS) is 11.7. The van der Waals surface area contributed by atoms with Crippen molar-refractivity contribution >= 4 is 11.7 Å². The Hall–Kier alpha value is -2.87. The Kier molecular flexibility index (Phi) is 6.53. The van der Waals surface area contributed by atoms with Crippen LogP contribution in [0.3, 0.4) is 0 Å². The van der Waals surface area contributed by atoms with Gasteiger partial charge in [-0.2, -0.15) is 8.78 Å². The predicted octanol–water partition coefficient (Wildman–Crippen LogP) is 3.15. The highest BCUT2D eigenvalue weighted by Gasteiger charge is 2.14. The number of alkyl halides is 2. The smallest absolute Gasteiger partial charge is 0.387 e. The van der Waals surface area contributed by atoms with Crippen molar-refractivity contribution in [2.75, 3.05) is 19.0 Å². The first-order chi connectivity index (χ1) is 12.0. The molecule has 0 fully saturated rings. The number of anilines is 1. The maximum Gasteiger partial charge on any atom is 0.387 e. The fraction of sp³-hybridized carbons (Fsp3) is 0.235. The predicted molar refractivity (Wildman–Crippen MR) is 88.0 cm³/mol. The second-order valence-corrected chi connectivity index (χ2v) is 5.00. The first-order valence-electron chi connectivity index (χ1n) is 7.40. The van der Waals surface area contributed by atoms with Gasteiger partial charge in [-0.15, -0.1) is 0 Å². The van der Waals surface area contributed by atoms with E-state index in [0.717, 1.165) is 0 Å². The average Bonchev–Trinajstić information content (AvgIpc) is 2.61. The number of benzene rings is 2. The first kappa shape index (κ1) is 18.5. The third-order valence-electron chi connectivity index (χ3n) is 3.29. The largest absolute Gasteiger partial charge is 0.496 e. The number of methoxy groups -OCH3 is 1. The summed E-state index contributed by atoms with van der Waals surface area (Å²) in [5.74, 6) is 0.513. The van der Waals surface area contributed by atoms with E-state index in [1.54, 1.807) is 24.3 Å². The van der Waals surface area contributed by atoms with Crippen molar-refractivity contribution in [2.24, 2.45) is 0 Å². The third-order valence-corrected chi connectivity index (χ3v) is 3.29. The lowest BCUT2D eigenvalue weighted by molar-refractivity contribution is -0.0498. The van der Waals surface area contributed by atoms with Crippen molar-refractivity contribution in [3.8, 4) is 11.5 Å². The number of carbonyl (C=O) groups excluding carboxylic acids is 1. The molecule has 1 atom stereocenters. The highest BCUT2D eigenvalue weighted by atomic mass is 19.3. The Labute approximate surface area is 143 Å². The number of rotatable bonds is 7. The molecule has 6 nitrogen and oxygen atoms in total. The average molecular weight is 352 g/mol. The van der Waals surface area contributed by atoms with Crippen molar-refractivity contribution < 1.29 is 28.2 Å². The van der Waals surface area contributed by atoms with Crippen molar-refractivity contribution in [2.45, 2.75) is 12.7 Å². The van der Waals surface area contributed by atoms with Crippen LogP contribution in [0.2, 0.25) is 0 Å². The SMILES string of the molecule is COc1ccccc1[C@H](O)CNC(=O)Nc1ccc(OC(F)F)cc1. The van der Waals surface area contributed by atoms with E-state index in [1.807, 2.05) is 0 Å². The number of carbonyl (C=O) groups is 1. The third kappa shape index (κ3) is 5.61. The topological polar surface area (TPSA) is 79.8 Å². The number of hydrogen-bond donors (Lipinski definition) is 3. The molecule has 2 rings (SSSR count). The summed E-state index contributed by atoms with van der Waals surface area (Å²) < 4.78 is 33.5. The second kappa shape index (κ2) is 8.84. The standard InChI is InChI=1S/C17H18F2N2O4/c1-24-15-5-3-2-4-13(15)14(22)10-20-17(23)21-11-6-8-12(9-7-11)25-16(18)19/h2-9,14,16,22H,10H2,1H3,(H2,20,21,23)/t14-/m1/s1. The summed E-state index contributed by atoms with van der Waals surface area (Å²) in [6.45, 7) is -2.93. The molecule has 2 aromatic rings. The summed E-state index contributed by atoms with van der Waals surface area (Å²) in [7, 11) is 1.49. The zero-order valence-electron chi connectivity index (χ0n) is 13.4. The van der Waals surface area contributed by atoms with Crippen LogP contribution in [0.5, 0.6) is 11.5 Å². The van der Waals surface area contributed by atoms with Gasteiger partial charge in [-0.3, -0.25) is 0 Å². The molecular weight excluding hydrogens is 334 g/mol. The van der Waals surface area contributed by atoms with Crippen molar-refractivity contribution in [3.63, 3.8) is 0 Å². The van der Waals surface area contributed by atoms with Gasteiger partial charge in [-0.05, 0) is 30.3 Å². The molecule has 0 aliphatic carbocycles. The molecule has 0 bridgehead atoms. The van der Waals surface area contributed by atoms with E-state index in [9.17, 15) is 18.7 Å². The van der Waals surface area contributed by atoms with Gasteiger partial charge in [0.2, 0.25) is 0 Å². The number of urea groups is 1. The Morgan fingerprint density at radius 3 is 2.48 bits per heavy atom. The summed E-state index contributed by atoms with van der Waals surface area (Å²) in [5.41, 5.74) is 0.949. The fourth-order valence-corrected chi connectivity index (χ4v) is 2.14. The van der Waals surface area contributed by atoms with Gasteiger partial charge in [-0.25, -0.2) is 4.79 Å². The van der Waals surface area contributed by atoms with Crippen LogP contribution in [0.25, 0.3) is 0 Å². The van der Waals surface area contributed by atoms with Gasteiger partial charge in [0.1, 0.15) is 11.5 Å². The number of nitrogens with one attached hydrogen (secondary N) is 2. The van der Waals surface area contributed by atoms with Gasteiger partial charge in [0.15, 0.2) is 0 Å². The lowest BCUT2D eigenvalue weighted by Gasteiger charge is -2.15. The minimum absolute atomic E-state index is 0.00690. The molecule has 2 amide bonds. The van der Waals surface area contributed by atoms with Crippen molar-refractivity contribution in [1.29, 1.82) is 0 Å². The maximum atomic E-state index is 12.1. The van der Waals surface area contributed by atoms with E-state index in [4.69, 9.17) is 4.74 Å². The highest BCUT2D eigenvalue weighted by Crippen LogP contribution is 2.24. The zero-order chi connectivity index (χ0) is 18.2. The summed E-state index contributed by atoms with van der Waals surface area (Å²) in [6, 6.07) is 11.9. The van der Waals surface area contributed by atoms with Gasteiger partial charge < -0.3 is 25.2 Å². The number of ether oxygens (including phenoxy) is 2. The highest BCUT2D eigenvalue weighted by molar-refractivity contribution is 5.89. The molecular formula is C17H18F2N2O4. The number of amides is 2. The minimum atomic E-state index is -2.90. The molecule has 8 heteroatoms. The monoisotopic (exact) mass is 352 g/mol. The van der Waals surface area contributed by atoms with E-state index in [2.05, 4.69) is 15.4 Å². The lowest BCUT2D eigenvalue weighted by Crippen LogP contribution is -2.32. The minimum Gasteiger partial charge on any atom is -0.496 e. The Morgan fingerprint density at radius 1 is 1.16 bits per heavy atom. The van der Waals surface area contributed by atoms with Crippen LogP contribution in [-0.4, -0.2) is 31.4 Å². The second-order valence-electron chi connectivity index (χ2n) is 5.00. The van der Waals surface area contributed by atoms with Gasteiger partial charge in [-0.1, -0.05) is 18.2 Å². The lowest BCUT2D eigenvalue weighted by atomic mass is 10.1. The molecule has 0 heterocycles. The number of aliphatic hydroxyl groups excluding tert-OH is 1. The molecule has 2 aromatic carbocycles. The molecule has 0 aliphatic rings. The van der Waals surface area contributed by atoms with Crippen LogP contribution < -0.4 is 20.1 Å². The summed E-state index contributed by atoms with van der Waals surface area (Å²) in [6.07, 6.45) is -0.941. The summed E-state index contributed by atoms with van der Waals surface area (Å²) in [5, 5.41) is 15.2. The zero-order valence-corrected chi connectivity index (χ0v) is 13.4. The first-order valence-corrected chi connectivity index (χ1v) is 7.40. The van der Waals surface area contributed by atoms with Crippen LogP contribution >= 0.6 is 0 Å².